The fourth-order valence-corrected chi connectivity index (χ4v) is 4.44. The Kier molecular flexibility index (Phi) is 4.73. The van der Waals surface area contributed by atoms with E-state index in [0.29, 0.717) is 5.91 Å². The van der Waals surface area contributed by atoms with Crippen LogP contribution in [0.1, 0.15) is 37.8 Å². The number of aromatic nitrogens is 2. The summed E-state index contributed by atoms with van der Waals surface area (Å²) in [7, 11) is 1.89. The summed E-state index contributed by atoms with van der Waals surface area (Å²) in [6.45, 7) is 5.82. The maximum absolute atomic E-state index is 13.1. The Morgan fingerprint density at radius 3 is 2.38 bits per heavy atom. The molecule has 0 N–H and O–H groups in total. The molecule has 26 heavy (non-hydrogen) atoms. The van der Waals surface area contributed by atoms with Crippen LogP contribution in [0.25, 0.3) is 0 Å². The second-order valence-electron chi connectivity index (χ2n) is 7.90. The van der Waals surface area contributed by atoms with Crippen molar-refractivity contribution < 1.29 is 9.59 Å². The molecule has 7 nitrogen and oxygen atoms in total. The molecule has 0 unspecified atom stereocenters. The Balaban J connectivity index is 1.39. The third-order valence-electron chi connectivity index (χ3n) is 6.19. The summed E-state index contributed by atoms with van der Waals surface area (Å²) < 4.78 is 1.80. The second-order valence-corrected chi connectivity index (χ2v) is 7.90. The highest BCUT2D eigenvalue weighted by molar-refractivity contribution is 5.97. The molecule has 4 rings (SSSR count). The van der Waals surface area contributed by atoms with Crippen LogP contribution in [0.2, 0.25) is 0 Å². The fourth-order valence-electron chi connectivity index (χ4n) is 4.44. The van der Waals surface area contributed by atoms with Crippen LogP contribution in [0.3, 0.4) is 0 Å². The number of hydrogen-bond donors (Lipinski definition) is 0. The number of piperidine rings is 1. The molecule has 0 spiro atoms. The van der Waals surface area contributed by atoms with E-state index in [1.165, 1.54) is 6.42 Å². The molecule has 2 saturated heterocycles. The van der Waals surface area contributed by atoms with Crippen molar-refractivity contribution in [3.63, 3.8) is 0 Å². The van der Waals surface area contributed by atoms with Gasteiger partial charge in [-0.2, -0.15) is 5.10 Å². The molecule has 1 atom stereocenters. The van der Waals surface area contributed by atoms with Crippen molar-refractivity contribution in [3.8, 4) is 0 Å². The first-order valence-corrected chi connectivity index (χ1v) is 9.89. The summed E-state index contributed by atoms with van der Waals surface area (Å²) in [4.78, 5) is 31.7. The SMILES string of the molecule is Cc1cc(N2CCC[C@H](N3CCN(C(=O)C4CCC4)CC3)C2=O)n(C)n1. The van der Waals surface area contributed by atoms with Gasteiger partial charge in [-0.1, -0.05) is 6.42 Å². The Morgan fingerprint density at radius 1 is 1.08 bits per heavy atom. The molecule has 0 bridgehead atoms. The first kappa shape index (κ1) is 17.5. The van der Waals surface area contributed by atoms with Crippen LogP contribution >= 0.6 is 0 Å². The lowest BCUT2D eigenvalue weighted by Crippen LogP contribution is -2.59. The molecule has 1 aromatic heterocycles. The number of anilines is 1. The van der Waals surface area contributed by atoms with Gasteiger partial charge in [-0.25, -0.2) is 0 Å². The number of nitrogens with zero attached hydrogens (tertiary/aromatic N) is 5. The number of hydrogen-bond acceptors (Lipinski definition) is 4. The Labute approximate surface area is 154 Å². The van der Waals surface area contributed by atoms with Gasteiger partial charge in [-0.3, -0.25) is 24.1 Å². The van der Waals surface area contributed by atoms with E-state index < -0.39 is 0 Å². The normalized spacial score (nSPS) is 25.5. The Bertz CT molecular complexity index is 688. The van der Waals surface area contributed by atoms with Crippen LogP contribution in [0.5, 0.6) is 0 Å². The number of rotatable bonds is 3. The molecule has 1 aliphatic carbocycles. The maximum atomic E-state index is 13.1. The van der Waals surface area contributed by atoms with Crippen molar-refractivity contribution in [1.29, 1.82) is 0 Å². The van der Waals surface area contributed by atoms with Gasteiger partial charge >= 0.3 is 0 Å². The van der Waals surface area contributed by atoms with E-state index >= 15 is 0 Å². The summed E-state index contributed by atoms with van der Waals surface area (Å²) in [5, 5.41) is 4.38. The molecule has 3 heterocycles. The molecule has 3 fully saturated rings. The molecule has 2 amide bonds. The highest BCUT2D eigenvalue weighted by Gasteiger charge is 2.38. The highest BCUT2D eigenvalue weighted by Crippen LogP contribution is 2.29. The van der Waals surface area contributed by atoms with Crippen LogP contribution in [0, 0.1) is 12.8 Å². The molecule has 142 valence electrons. The van der Waals surface area contributed by atoms with Gasteiger partial charge in [0.1, 0.15) is 5.82 Å². The van der Waals surface area contributed by atoms with Crippen LogP contribution in [0.15, 0.2) is 6.07 Å². The first-order chi connectivity index (χ1) is 12.5. The summed E-state index contributed by atoms with van der Waals surface area (Å²) in [6.07, 6.45) is 5.21. The third-order valence-corrected chi connectivity index (χ3v) is 6.19. The molecule has 3 aliphatic rings. The van der Waals surface area contributed by atoms with Crippen LogP contribution in [-0.2, 0) is 16.6 Å². The first-order valence-electron chi connectivity index (χ1n) is 9.89. The summed E-state index contributed by atoms with van der Waals surface area (Å²) in [6, 6.07) is 1.91. The molecular formula is C19H29N5O2. The van der Waals surface area contributed by atoms with Crippen molar-refractivity contribution >= 4 is 17.6 Å². The topological polar surface area (TPSA) is 61.7 Å². The Morgan fingerprint density at radius 2 is 1.81 bits per heavy atom. The molecule has 2 aliphatic heterocycles. The summed E-state index contributed by atoms with van der Waals surface area (Å²) in [5.74, 6) is 1.66. The fraction of sp³-hybridized carbons (Fsp3) is 0.737. The van der Waals surface area contributed by atoms with Gasteiger partial charge < -0.3 is 4.90 Å². The van der Waals surface area contributed by atoms with Gasteiger partial charge in [0.2, 0.25) is 11.8 Å². The summed E-state index contributed by atoms with van der Waals surface area (Å²) >= 11 is 0. The maximum Gasteiger partial charge on any atom is 0.245 e. The zero-order valence-corrected chi connectivity index (χ0v) is 15.9. The van der Waals surface area contributed by atoms with E-state index in [-0.39, 0.29) is 17.9 Å². The molecule has 1 saturated carbocycles. The zero-order valence-electron chi connectivity index (χ0n) is 15.9. The number of aryl methyl sites for hydroxylation is 2. The monoisotopic (exact) mass is 359 g/mol. The minimum atomic E-state index is -0.0695. The number of carbonyl (C=O) groups excluding carboxylic acids is 2. The minimum Gasteiger partial charge on any atom is -0.340 e. The van der Waals surface area contributed by atoms with Crippen molar-refractivity contribution in [2.24, 2.45) is 13.0 Å². The van der Waals surface area contributed by atoms with Gasteiger partial charge in [-0.15, -0.1) is 0 Å². The average molecular weight is 359 g/mol. The van der Waals surface area contributed by atoms with Crippen molar-refractivity contribution in [2.45, 2.75) is 45.1 Å². The average Bonchev–Trinajstić information content (AvgIpc) is 2.92. The summed E-state index contributed by atoms with van der Waals surface area (Å²) in [5.41, 5.74) is 0.931. The molecule has 0 radical (unpaired) electrons. The van der Waals surface area contributed by atoms with Crippen LogP contribution < -0.4 is 4.90 Å². The number of piperazine rings is 1. The Hall–Kier alpha value is -1.89. The number of amides is 2. The number of carbonyl (C=O) groups is 2. The van der Waals surface area contributed by atoms with E-state index in [1.54, 1.807) is 4.68 Å². The van der Waals surface area contributed by atoms with Crippen LogP contribution in [-0.4, -0.2) is 70.2 Å². The van der Waals surface area contributed by atoms with E-state index in [0.717, 1.165) is 69.9 Å². The van der Waals surface area contributed by atoms with Gasteiger partial charge in [0, 0.05) is 51.8 Å². The lowest BCUT2D eigenvalue weighted by Gasteiger charge is -2.43. The second kappa shape index (κ2) is 7.02. The highest BCUT2D eigenvalue weighted by atomic mass is 16.2. The molecule has 1 aromatic rings. The van der Waals surface area contributed by atoms with Crippen molar-refractivity contribution in [3.05, 3.63) is 11.8 Å². The molecule has 7 heteroatoms. The lowest BCUT2D eigenvalue weighted by molar-refractivity contribution is -0.140. The predicted octanol–water partition coefficient (Wildman–Crippen LogP) is 1.17. The largest absolute Gasteiger partial charge is 0.340 e. The van der Waals surface area contributed by atoms with Gasteiger partial charge in [0.05, 0.1) is 11.7 Å². The zero-order chi connectivity index (χ0) is 18.3. The lowest BCUT2D eigenvalue weighted by atomic mass is 9.84. The van der Waals surface area contributed by atoms with Gasteiger partial charge in [0.15, 0.2) is 0 Å². The molecular weight excluding hydrogens is 330 g/mol. The van der Waals surface area contributed by atoms with Crippen LogP contribution in [0.4, 0.5) is 5.82 Å². The smallest absolute Gasteiger partial charge is 0.245 e. The minimum absolute atomic E-state index is 0.0695. The quantitative estimate of drug-likeness (QED) is 0.813. The van der Waals surface area contributed by atoms with E-state index in [1.807, 2.05) is 29.8 Å². The van der Waals surface area contributed by atoms with Gasteiger partial charge in [-0.05, 0) is 32.6 Å². The van der Waals surface area contributed by atoms with E-state index in [2.05, 4.69) is 10.00 Å². The standard InChI is InChI=1S/C19H29N5O2/c1-14-13-17(21(2)20-14)24-8-4-7-16(19(24)26)22-9-11-23(12-10-22)18(25)15-5-3-6-15/h13,15-16H,3-12H2,1-2H3/t16-/m0/s1. The van der Waals surface area contributed by atoms with Crippen molar-refractivity contribution in [1.82, 2.24) is 19.6 Å². The van der Waals surface area contributed by atoms with E-state index in [4.69, 9.17) is 0 Å². The van der Waals surface area contributed by atoms with Crippen molar-refractivity contribution in [2.75, 3.05) is 37.6 Å². The van der Waals surface area contributed by atoms with E-state index in [9.17, 15) is 9.59 Å². The third kappa shape index (κ3) is 3.13. The molecule has 0 aromatic carbocycles. The predicted molar refractivity (Wildman–Crippen MR) is 98.8 cm³/mol. The van der Waals surface area contributed by atoms with Gasteiger partial charge in [0.25, 0.3) is 0 Å².